The second-order valence-corrected chi connectivity index (χ2v) is 5.76. The van der Waals surface area contributed by atoms with Crippen LogP contribution >= 0.6 is 27.5 Å². The molecule has 1 aromatic rings. The van der Waals surface area contributed by atoms with Gasteiger partial charge in [0.15, 0.2) is 6.10 Å². The topological polar surface area (TPSA) is 75.6 Å². The van der Waals surface area contributed by atoms with Gasteiger partial charge in [0, 0.05) is 16.6 Å². The molecule has 0 saturated carbocycles. The largest absolute Gasteiger partial charge is 0.479 e. The maximum Gasteiger partial charge on any atom is 0.332 e. The molecule has 0 aromatic heterocycles. The van der Waals surface area contributed by atoms with Crippen molar-refractivity contribution < 1.29 is 19.4 Å². The van der Waals surface area contributed by atoms with Crippen LogP contribution in [0, 0.1) is 0 Å². The van der Waals surface area contributed by atoms with Gasteiger partial charge in [-0.15, -0.1) is 0 Å². The molecule has 1 saturated heterocycles. The van der Waals surface area contributed by atoms with Crippen LogP contribution in [-0.2, 0) is 9.53 Å². The average molecular weight is 363 g/mol. The van der Waals surface area contributed by atoms with E-state index in [4.69, 9.17) is 21.4 Å². The number of hydrogen-bond donors (Lipinski definition) is 2. The zero-order chi connectivity index (χ0) is 14.7. The van der Waals surface area contributed by atoms with E-state index in [9.17, 15) is 9.59 Å². The van der Waals surface area contributed by atoms with Crippen molar-refractivity contribution in [2.45, 2.75) is 25.0 Å². The summed E-state index contributed by atoms with van der Waals surface area (Å²) in [5, 5.41) is 12.0. The van der Waals surface area contributed by atoms with Crippen molar-refractivity contribution in [2.24, 2.45) is 0 Å². The number of halogens is 2. The zero-order valence-corrected chi connectivity index (χ0v) is 12.8. The number of carbonyl (C=O) groups excluding carboxylic acids is 1. The highest BCUT2D eigenvalue weighted by Crippen LogP contribution is 2.23. The first-order valence-electron chi connectivity index (χ1n) is 6.09. The summed E-state index contributed by atoms with van der Waals surface area (Å²) in [6, 6.07) is 4.92. The van der Waals surface area contributed by atoms with Gasteiger partial charge in [-0.3, -0.25) is 4.79 Å². The van der Waals surface area contributed by atoms with Gasteiger partial charge in [0.25, 0.3) is 5.91 Å². The molecule has 0 spiro atoms. The lowest BCUT2D eigenvalue weighted by atomic mass is 10.2. The quantitative estimate of drug-likeness (QED) is 0.863. The Kier molecular flexibility index (Phi) is 5.01. The van der Waals surface area contributed by atoms with Crippen LogP contribution in [0.4, 0.5) is 0 Å². The summed E-state index contributed by atoms with van der Waals surface area (Å²) >= 11 is 9.17. The van der Waals surface area contributed by atoms with Crippen LogP contribution in [-0.4, -0.2) is 35.7 Å². The molecule has 0 radical (unpaired) electrons. The van der Waals surface area contributed by atoms with E-state index in [-0.39, 0.29) is 18.6 Å². The van der Waals surface area contributed by atoms with E-state index in [0.717, 1.165) is 4.47 Å². The van der Waals surface area contributed by atoms with Crippen molar-refractivity contribution in [2.75, 3.05) is 6.54 Å². The predicted molar refractivity (Wildman–Crippen MR) is 77.0 cm³/mol. The van der Waals surface area contributed by atoms with E-state index < -0.39 is 12.1 Å². The third kappa shape index (κ3) is 3.71. The zero-order valence-electron chi connectivity index (χ0n) is 10.4. The molecule has 2 rings (SSSR count). The number of hydrogen-bond acceptors (Lipinski definition) is 3. The van der Waals surface area contributed by atoms with Gasteiger partial charge in [-0.1, -0.05) is 11.6 Å². The van der Waals surface area contributed by atoms with Crippen molar-refractivity contribution >= 4 is 39.4 Å². The Labute approximate surface area is 129 Å². The Morgan fingerprint density at radius 3 is 2.80 bits per heavy atom. The molecular weight excluding hydrogens is 350 g/mol. The number of carboxylic acid groups (broad SMARTS) is 1. The molecule has 0 bridgehead atoms. The van der Waals surface area contributed by atoms with Gasteiger partial charge in [-0.25, -0.2) is 4.79 Å². The highest BCUT2D eigenvalue weighted by Gasteiger charge is 2.30. The first kappa shape index (κ1) is 15.3. The van der Waals surface area contributed by atoms with E-state index in [1.807, 2.05) is 0 Å². The summed E-state index contributed by atoms with van der Waals surface area (Å²) in [5.74, 6) is -1.22. The van der Waals surface area contributed by atoms with E-state index in [1.54, 1.807) is 18.2 Å². The summed E-state index contributed by atoms with van der Waals surface area (Å²) in [7, 11) is 0. The summed E-state index contributed by atoms with van der Waals surface area (Å²) in [5.41, 5.74) is 0.450. The van der Waals surface area contributed by atoms with Gasteiger partial charge in [0.1, 0.15) is 0 Å². The molecule has 0 aliphatic carbocycles. The summed E-state index contributed by atoms with van der Waals surface area (Å²) in [4.78, 5) is 22.7. The number of carboxylic acids is 1. The molecule has 1 aromatic carbocycles. The Morgan fingerprint density at radius 1 is 1.45 bits per heavy atom. The lowest BCUT2D eigenvalue weighted by Gasteiger charge is -2.12. The molecule has 108 valence electrons. The minimum absolute atomic E-state index is 0.258. The molecule has 20 heavy (non-hydrogen) atoms. The van der Waals surface area contributed by atoms with Crippen LogP contribution in [0.15, 0.2) is 22.7 Å². The second kappa shape index (κ2) is 6.56. The minimum Gasteiger partial charge on any atom is -0.479 e. The van der Waals surface area contributed by atoms with Crippen LogP contribution in [0.2, 0.25) is 5.02 Å². The lowest BCUT2D eigenvalue weighted by Crippen LogP contribution is -2.33. The first-order valence-corrected chi connectivity index (χ1v) is 7.26. The van der Waals surface area contributed by atoms with Crippen LogP contribution in [0.25, 0.3) is 0 Å². The smallest absolute Gasteiger partial charge is 0.332 e. The van der Waals surface area contributed by atoms with Crippen LogP contribution in [0.1, 0.15) is 23.2 Å². The molecule has 2 unspecified atom stereocenters. The first-order chi connectivity index (χ1) is 9.47. The van der Waals surface area contributed by atoms with Gasteiger partial charge in [0.05, 0.1) is 11.1 Å². The molecular formula is C13H13BrClNO4. The molecule has 1 amide bonds. The summed E-state index contributed by atoms with van der Waals surface area (Å²) < 4.78 is 6.03. The van der Waals surface area contributed by atoms with Gasteiger partial charge < -0.3 is 15.2 Å². The van der Waals surface area contributed by atoms with E-state index in [1.165, 1.54) is 0 Å². The summed E-state index contributed by atoms with van der Waals surface area (Å²) in [6.45, 7) is 0.288. The van der Waals surface area contributed by atoms with Crippen LogP contribution in [0.5, 0.6) is 0 Å². The monoisotopic (exact) mass is 361 g/mol. The highest BCUT2D eigenvalue weighted by atomic mass is 79.9. The Morgan fingerprint density at radius 2 is 2.20 bits per heavy atom. The maximum absolute atomic E-state index is 11.9. The molecule has 1 aliphatic heterocycles. The number of carbonyl (C=O) groups is 2. The minimum atomic E-state index is -0.960. The highest BCUT2D eigenvalue weighted by molar-refractivity contribution is 9.10. The number of rotatable bonds is 4. The third-order valence-corrected chi connectivity index (χ3v) is 4.29. The standard InChI is InChI=1S/C13H13BrClNO4/c14-9-3-1-7(5-10(9)15)12(17)16-6-8-2-4-11(20-8)13(18)19/h1,3,5,8,11H,2,4,6H2,(H,16,17)(H,18,19). The van der Waals surface area contributed by atoms with Crippen molar-refractivity contribution in [3.05, 3.63) is 33.3 Å². The van der Waals surface area contributed by atoms with Gasteiger partial charge in [-0.2, -0.15) is 0 Å². The second-order valence-electron chi connectivity index (χ2n) is 4.50. The molecule has 1 heterocycles. The van der Waals surface area contributed by atoms with E-state index >= 15 is 0 Å². The van der Waals surface area contributed by atoms with Crippen molar-refractivity contribution in [1.82, 2.24) is 5.32 Å². The lowest BCUT2D eigenvalue weighted by molar-refractivity contribution is -0.149. The SMILES string of the molecule is O=C(NCC1CCC(C(=O)O)O1)c1ccc(Br)c(Cl)c1. The Bertz CT molecular complexity index is 537. The third-order valence-electron chi connectivity index (χ3n) is 3.06. The van der Waals surface area contributed by atoms with Crippen molar-refractivity contribution in [3.63, 3.8) is 0 Å². The maximum atomic E-state index is 11.9. The fourth-order valence-corrected chi connectivity index (χ4v) is 2.41. The normalized spacial score (nSPS) is 21.7. The Hall–Kier alpha value is -1.11. The summed E-state index contributed by atoms with van der Waals surface area (Å²) in [6.07, 6.45) is 0.0724. The van der Waals surface area contributed by atoms with Gasteiger partial charge >= 0.3 is 5.97 Å². The fourth-order valence-electron chi connectivity index (χ4n) is 1.98. The predicted octanol–water partition coefficient (Wildman–Crippen LogP) is 2.46. The van der Waals surface area contributed by atoms with Crippen molar-refractivity contribution in [3.8, 4) is 0 Å². The van der Waals surface area contributed by atoms with E-state index in [2.05, 4.69) is 21.2 Å². The average Bonchev–Trinajstić information content (AvgIpc) is 2.88. The van der Waals surface area contributed by atoms with Crippen LogP contribution in [0.3, 0.4) is 0 Å². The molecule has 7 heteroatoms. The van der Waals surface area contributed by atoms with E-state index in [0.29, 0.717) is 23.4 Å². The Balaban J connectivity index is 1.86. The number of nitrogens with one attached hydrogen (secondary N) is 1. The van der Waals surface area contributed by atoms with Crippen molar-refractivity contribution in [1.29, 1.82) is 0 Å². The molecule has 2 N–H and O–H groups in total. The number of aliphatic carboxylic acids is 1. The fraction of sp³-hybridized carbons (Fsp3) is 0.385. The number of ether oxygens (including phenoxy) is 1. The van der Waals surface area contributed by atoms with Gasteiger partial charge in [0.2, 0.25) is 0 Å². The molecule has 1 aliphatic rings. The van der Waals surface area contributed by atoms with Crippen LogP contribution < -0.4 is 5.32 Å². The molecule has 5 nitrogen and oxygen atoms in total. The van der Waals surface area contributed by atoms with Gasteiger partial charge in [-0.05, 0) is 47.0 Å². The molecule has 2 atom stereocenters. The number of amides is 1. The number of benzene rings is 1. The molecule has 1 fully saturated rings.